The van der Waals surface area contributed by atoms with Gasteiger partial charge in [-0.3, -0.25) is 9.59 Å². The number of likely N-dealkylation sites (N-methyl/N-ethyl adjacent to an activating group) is 1. The molecule has 0 aliphatic heterocycles. The first kappa shape index (κ1) is 22.4. The topological polar surface area (TPSA) is 65.9 Å². The van der Waals surface area contributed by atoms with E-state index in [4.69, 9.17) is 0 Å². The number of carbonyl (C=O) groups is 2. The predicted octanol–water partition coefficient (Wildman–Crippen LogP) is 0.552. The monoisotopic (exact) mass is 401 g/mol. The van der Waals surface area contributed by atoms with Gasteiger partial charge in [0, 0.05) is 31.9 Å². The lowest BCUT2D eigenvalue weighted by molar-refractivity contribution is -0.890. The zero-order chi connectivity index (χ0) is 21.4. The summed E-state index contributed by atoms with van der Waals surface area (Å²) in [4.78, 5) is 27.4. The Morgan fingerprint density at radius 2 is 1.55 bits per heavy atom. The van der Waals surface area contributed by atoms with Gasteiger partial charge in [0.05, 0.1) is 20.6 Å². The first-order valence-electron chi connectivity index (χ1n) is 9.65. The molecular formula is C22H30FN4O2+. The molecule has 156 valence electrons. The number of nitrogens with zero attached hydrogens (tertiary/aromatic N) is 1. The summed E-state index contributed by atoms with van der Waals surface area (Å²) in [5.41, 5.74) is 3.09. The number of anilines is 1. The van der Waals surface area contributed by atoms with Crippen LogP contribution in [0.4, 0.5) is 10.1 Å². The maximum Gasteiger partial charge on any atom is 0.309 e. The summed E-state index contributed by atoms with van der Waals surface area (Å²) in [6.07, 6.45) is 0.530. The van der Waals surface area contributed by atoms with E-state index in [1.165, 1.54) is 12.1 Å². The molecule has 2 aromatic rings. The fraction of sp³-hybridized carbons (Fsp3) is 0.364. The maximum atomic E-state index is 12.9. The number of quaternary nitrogens is 1. The third-order valence-corrected chi connectivity index (χ3v) is 4.79. The van der Waals surface area contributed by atoms with Crippen LogP contribution < -0.4 is 20.4 Å². The molecule has 0 unspecified atom stereocenters. The zero-order valence-electron chi connectivity index (χ0n) is 17.5. The summed E-state index contributed by atoms with van der Waals surface area (Å²) < 4.78 is 12.9. The molecule has 2 rings (SSSR count). The molecule has 7 heteroatoms. The van der Waals surface area contributed by atoms with Crippen LogP contribution in [0.15, 0.2) is 48.5 Å². The van der Waals surface area contributed by atoms with Crippen LogP contribution in [0.1, 0.15) is 17.2 Å². The van der Waals surface area contributed by atoms with E-state index in [1.807, 2.05) is 57.4 Å². The minimum atomic E-state index is -0.664. The van der Waals surface area contributed by atoms with Gasteiger partial charge in [-0.25, -0.2) is 4.39 Å². The molecule has 0 aliphatic carbocycles. The Morgan fingerprint density at radius 1 is 0.966 bits per heavy atom. The highest BCUT2D eigenvalue weighted by atomic mass is 19.1. The van der Waals surface area contributed by atoms with E-state index in [1.54, 1.807) is 12.1 Å². The lowest BCUT2D eigenvalue weighted by Crippen LogP contribution is -3.07. The van der Waals surface area contributed by atoms with Gasteiger partial charge in [0.15, 0.2) is 0 Å². The Kier molecular flexibility index (Phi) is 8.15. The van der Waals surface area contributed by atoms with Crippen LogP contribution in [0.2, 0.25) is 0 Å². The van der Waals surface area contributed by atoms with Crippen LogP contribution in [0.5, 0.6) is 0 Å². The molecule has 3 N–H and O–H groups in total. The average molecular weight is 402 g/mol. The second-order valence-corrected chi connectivity index (χ2v) is 7.46. The number of hydrogen-bond acceptors (Lipinski definition) is 3. The normalized spacial score (nSPS) is 11.8. The van der Waals surface area contributed by atoms with E-state index in [2.05, 4.69) is 10.6 Å². The van der Waals surface area contributed by atoms with Crippen molar-refractivity contribution in [2.75, 3.05) is 46.2 Å². The van der Waals surface area contributed by atoms with E-state index >= 15 is 0 Å². The average Bonchev–Trinajstić information content (AvgIpc) is 2.69. The van der Waals surface area contributed by atoms with E-state index in [9.17, 15) is 14.0 Å². The molecule has 1 atom stereocenters. The molecule has 0 saturated carbocycles. The smallest absolute Gasteiger partial charge is 0.309 e. The summed E-state index contributed by atoms with van der Waals surface area (Å²) in [5, 5.41) is 5.33. The molecule has 2 amide bonds. The van der Waals surface area contributed by atoms with Crippen molar-refractivity contribution in [3.05, 3.63) is 65.5 Å². The van der Waals surface area contributed by atoms with Gasteiger partial charge >= 0.3 is 11.8 Å². The minimum Gasteiger partial charge on any atom is -0.378 e. The van der Waals surface area contributed by atoms with Crippen molar-refractivity contribution in [3.63, 3.8) is 0 Å². The second-order valence-electron chi connectivity index (χ2n) is 7.46. The van der Waals surface area contributed by atoms with Crippen LogP contribution in [-0.4, -0.2) is 53.1 Å². The van der Waals surface area contributed by atoms with Gasteiger partial charge in [-0.15, -0.1) is 0 Å². The molecular weight excluding hydrogens is 371 g/mol. The Bertz CT molecular complexity index is 805. The number of nitrogens with one attached hydrogen (secondary N) is 3. The Balaban J connectivity index is 1.84. The fourth-order valence-electron chi connectivity index (χ4n) is 2.99. The summed E-state index contributed by atoms with van der Waals surface area (Å²) in [6, 6.07) is 14.3. The summed E-state index contributed by atoms with van der Waals surface area (Å²) in [5.74, 6) is -1.62. The zero-order valence-corrected chi connectivity index (χ0v) is 17.5. The summed E-state index contributed by atoms with van der Waals surface area (Å²) in [6.45, 7) is 0.667. The van der Waals surface area contributed by atoms with Crippen LogP contribution >= 0.6 is 0 Å². The SMILES string of the molecule is CN(C)c1ccc([C@@H](CNC(=O)C(=O)NCCc2ccc(F)cc2)[NH+](C)C)cc1. The minimum absolute atomic E-state index is 0.0298. The first-order chi connectivity index (χ1) is 13.8. The molecule has 0 saturated heterocycles. The van der Waals surface area contributed by atoms with Gasteiger partial charge in [-0.2, -0.15) is 0 Å². The highest BCUT2D eigenvalue weighted by Crippen LogP contribution is 2.16. The number of hydrogen-bond donors (Lipinski definition) is 3. The van der Waals surface area contributed by atoms with Crippen molar-refractivity contribution >= 4 is 17.5 Å². The van der Waals surface area contributed by atoms with E-state index in [0.717, 1.165) is 21.7 Å². The molecule has 29 heavy (non-hydrogen) atoms. The highest BCUT2D eigenvalue weighted by molar-refractivity contribution is 6.35. The van der Waals surface area contributed by atoms with Crippen LogP contribution in [0.3, 0.4) is 0 Å². The predicted molar refractivity (Wildman–Crippen MR) is 112 cm³/mol. The van der Waals surface area contributed by atoms with Gasteiger partial charge in [0.25, 0.3) is 0 Å². The van der Waals surface area contributed by atoms with Crippen molar-refractivity contribution in [1.29, 1.82) is 0 Å². The molecule has 0 aliphatic rings. The standard InChI is InChI=1S/C22H29FN4O2/c1-26(2)19-11-7-17(8-12-19)20(27(3)4)15-25-22(29)21(28)24-14-13-16-5-9-18(23)10-6-16/h5-12,20H,13-15H2,1-4H3,(H,24,28)(H,25,29)/p+1/t20-/m1/s1. The van der Waals surface area contributed by atoms with Crippen LogP contribution in [0, 0.1) is 5.82 Å². The van der Waals surface area contributed by atoms with Crippen molar-refractivity contribution in [2.24, 2.45) is 0 Å². The molecule has 6 nitrogen and oxygen atoms in total. The third-order valence-electron chi connectivity index (χ3n) is 4.79. The molecule has 0 heterocycles. The molecule has 0 spiro atoms. The fourth-order valence-corrected chi connectivity index (χ4v) is 2.99. The number of amides is 2. The van der Waals surface area contributed by atoms with Crippen molar-refractivity contribution in [3.8, 4) is 0 Å². The van der Waals surface area contributed by atoms with Gasteiger partial charge < -0.3 is 20.4 Å². The first-order valence-corrected chi connectivity index (χ1v) is 9.65. The summed E-state index contributed by atoms with van der Waals surface area (Å²) >= 11 is 0. The number of carbonyl (C=O) groups excluding carboxylic acids is 2. The largest absolute Gasteiger partial charge is 0.378 e. The molecule has 0 fully saturated rings. The van der Waals surface area contributed by atoms with Crippen molar-refractivity contribution < 1.29 is 18.9 Å². The van der Waals surface area contributed by atoms with Gasteiger partial charge in [-0.05, 0) is 36.2 Å². The molecule has 0 radical (unpaired) electrons. The number of benzene rings is 2. The third kappa shape index (κ3) is 6.87. The summed E-state index contributed by atoms with van der Waals surface area (Å²) in [7, 11) is 8.00. The van der Waals surface area contributed by atoms with E-state index < -0.39 is 11.8 Å². The van der Waals surface area contributed by atoms with Crippen LogP contribution in [-0.2, 0) is 16.0 Å². The number of rotatable bonds is 8. The van der Waals surface area contributed by atoms with Gasteiger partial charge in [0.2, 0.25) is 0 Å². The maximum absolute atomic E-state index is 12.9. The highest BCUT2D eigenvalue weighted by Gasteiger charge is 2.21. The molecule has 0 bridgehead atoms. The Morgan fingerprint density at radius 3 is 2.10 bits per heavy atom. The lowest BCUT2D eigenvalue weighted by atomic mass is 10.1. The van der Waals surface area contributed by atoms with Crippen molar-refractivity contribution in [1.82, 2.24) is 10.6 Å². The number of halogens is 1. The Labute approximate surface area is 171 Å². The van der Waals surface area contributed by atoms with E-state index in [-0.39, 0.29) is 11.9 Å². The molecule has 2 aromatic carbocycles. The second kappa shape index (κ2) is 10.6. The van der Waals surface area contributed by atoms with E-state index in [0.29, 0.717) is 19.5 Å². The van der Waals surface area contributed by atoms with Gasteiger partial charge in [0.1, 0.15) is 11.9 Å². The molecule has 0 aromatic heterocycles. The lowest BCUT2D eigenvalue weighted by Gasteiger charge is -2.23. The Hall–Kier alpha value is -2.93. The van der Waals surface area contributed by atoms with Crippen molar-refractivity contribution in [2.45, 2.75) is 12.5 Å². The quantitative estimate of drug-likeness (QED) is 0.566. The van der Waals surface area contributed by atoms with Gasteiger partial charge in [-0.1, -0.05) is 24.3 Å². The van der Waals surface area contributed by atoms with Crippen LogP contribution in [0.25, 0.3) is 0 Å².